The third kappa shape index (κ3) is 6.26. The van der Waals surface area contributed by atoms with Crippen LogP contribution in [0.15, 0.2) is 30.3 Å². The third-order valence-corrected chi connectivity index (χ3v) is 3.55. The number of imide groups is 1. The maximum Gasteiger partial charge on any atom is 0.321 e. The molecule has 0 aliphatic carbocycles. The second-order valence-corrected chi connectivity index (χ2v) is 5.84. The minimum Gasteiger partial charge on any atom is -0.335 e. The molecule has 0 saturated carbocycles. The fourth-order valence-corrected chi connectivity index (χ4v) is 2.13. The third-order valence-electron chi connectivity index (χ3n) is 3.55. The zero-order valence-electron chi connectivity index (χ0n) is 13.8. The topological polar surface area (TPSA) is 70.2 Å². The van der Waals surface area contributed by atoms with Crippen molar-refractivity contribution >= 4 is 11.9 Å². The summed E-state index contributed by atoms with van der Waals surface area (Å²) < 4.78 is 0. The molecule has 0 bridgehead atoms. The monoisotopic (exact) mass is 305 g/mol. The normalized spacial score (nSPS) is 13.5. The van der Waals surface area contributed by atoms with E-state index in [0.717, 1.165) is 12.0 Å². The molecule has 0 radical (unpaired) electrons. The van der Waals surface area contributed by atoms with E-state index in [1.54, 1.807) is 0 Å². The number of urea groups is 1. The van der Waals surface area contributed by atoms with E-state index in [2.05, 4.69) is 29.8 Å². The lowest BCUT2D eigenvalue weighted by atomic mass is 9.96. The minimum absolute atomic E-state index is 0.0495. The standard InChI is InChI=1S/C17H27N3O2/c1-5-13(4)19-17(22)20-15(21)11-18-16(12(2)3)14-9-7-6-8-10-14/h6-10,12-13,16,18H,5,11H2,1-4H3,(H2,19,20,21,22)/t13-,16-/m0/s1. The molecule has 0 saturated heterocycles. The molecular formula is C17H27N3O2. The van der Waals surface area contributed by atoms with Gasteiger partial charge in [-0.3, -0.25) is 10.1 Å². The molecule has 3 N–H and O–H groups in total. The zero-order chi connectivity index (χ0) is 16.5. The predicted molar refractivity (Wildman–Crippen MR) is 88.5 cm³/mol. The molecule has 0 aromatic heterocycles. The van der Waals surface area contributed by atoms with Gasteiger partial charge in [0.05, 0.1) is 6.54 Å². The van der Waals surface area contributed by atoms with Gasteiger partial charge in [-0.15, -0.1) is 0 Å². The molecule has 5 heteroatoms. The molecule has 0 aliphatic heterocycles. The molecule has 1 aromatic rings. The molecule has 122 valence electrons. The number of benzene rings is 1. The smallest absolute Gasteiger partial charge is 0.321 e. The number of nitrogens with one attached hydrogen (secondary N) is 3. The molecule has 22 heavy (non-hydrogen) atoms. The Kier molecular flexibility index (Phi) is 7.60. The molecule has 0 spiro atoms. The number of hydrogen-bond donors (Lipinski definition) is 3. The van der Waals surface area contributed by atoms with Crippen molar-refractivity contribution in [1.82, 2.24) is 16.0 Å². The van der Waals surface area contributed by atoms with E-state index in [1.807, 2.05) is 44.2 Å². The summed E-state index contributed by atoms with van der Waals surface area (Å²) in [6.45, 7) is 8.16. The first-order valence-corrected chi connectivity index (χ1v) is 7.82. The zero-order valence-corrected chi connectivity index (χ0v) is 13.8. The largest absolute Gasteiger partial charge is 0.335 e. The van der Waals surface area contributed by atoms with Crippen LogP contribution in [0.2, 0.25) is 0 Å². The highest BCUT2D eigenvalue weighted by atomic mass is 16.2. The van der Waals surface area contributed by atoms with E-state index < -0.39 is 6.03 Å². The van der Waals surface area contributed by atoms with Gasteiger partial charge in [0, 0.05) is 12.1 Å². The van der Waals surface area contributed by atoms with E-state index in [4.69, 9.17) is 0 Å². The van der Waals surface area contributed by atoms with Crippen molar-refractivity contribution in [2.24, 2.45) is 5.92 Å². The van der Waals surface area contributed by atoms with E-state index in [0.29, 0.717) is 5.92 Å². The van der Waals surface area contributed by atoms with Crippen LogP contribution >= 0.6 is 0 Å². The quantitative estimate of drug-likeness (QED) is 0.725. The molecule has 1 rings (SSSR count). The van der Waals surface area contributed by atoms with Crippen molar-refractivity contribution in [2.45, 2.75) is 46.2 Å². The van der Waals surface area contributed by atoms with Gasteiger partial charge in [0.25, 0.3) is 0 Å². The molecule has 0 heterocycles. The molecule has 2 atom stereocenters. The van der Waals surface area contributed by atoms with Gasteiger partial charge in [0.1, 0.15) is 0 Å². The number of hydrogen-bond acceptors (Lipinski definition) is 3. The molecule has 0 unspecified atom stereocenters. The van der Waals surface area contributed by atoms with E-state index in [-0.39, 0.29) is 24.5 Å². The van der Waals surface area contributed by atoms with Crippen molar-refractivity contribution in [1.29, 1.82) is 0 Å². The molecule has 0 aliphatic rings. The summed E-state index contributed by atoms with van der Waals surface area (Å²) in [5, 5.41) is 8.26. The molecule has 5 nitrogen and oxygen atoms in total. The Morgan fingerprint density at radius 1 is 1.09 bits per heavy atom. The highest BCUT2D eigenvalue weighted by Gasteiger charge is 2.17. The lowest BCUT2D eigenvalue weighted by Crippen LogP contribution is -2.46. The molecule has 0 fully saturated rings. The van der Waals surface area contributed by atoms with Crippen LogP contribution in [0.1, 0.15) is 45.7 Å². The van der Waals surface area contributed by atoms with Crippen LogP contribution in [0.5, 0.6) is 0 Å². The Hall–Kier alpha value is -1.88. The van der Waals surface area contributed by atoms with Gasteiger partial charge in [-0.2, -0.15) is 0 Å². The van der Waals surface area contributed by atoms with Crippen LogP contribution in [0.3, 0.4) is 0 Å². The number of amides is 3. The lowest BCUT2D eigenvalue weighted by Gasteiger charge is -2.22. The van der Waals surface area contributed by atoms with Gasteiger partial charge in [0.15, 0.2) is 0 Å². The highest BCUT2D eigenvalue weighted by molar-refractivity contribution is 5.95. The fraction of sp³-hybridized carbons (Fsp3) is 0.529. The summed E-state index contributed by atoms with van der Waals surface area (Å²) in [6.07, 6.45) is 0.823. The van der Waals surface area contributed by atoms with Crippen LogP contribution in [-0.4, -0.2) is 24.5 Å². The molecule has 1 aromatic carbocycles. The van der Waals surface area contributed by atoms with Crippen LogP contribution in [0.25, 0.3) is 0 Å². The van der Waals surface area contributed by atoms with Gasteiger partial charge < -0.3 is 10.6 Å². The van der Waals surface area contributed by atoms with Crippen molar-refractivity contribution in [3.63, 3.8) is 0 Å². The molecule has 3 amide bonds. The first kappa shape index (κ1) is 18.2. The number of carbonyl (C=O) groups excluding carboxylic acids is 2. The minimum atomic E-state index is -0.443. The number of carbonyl (C=O) groups is 2. The average Bonchev–Trinajstić information content (AvgIpc) is 2.47. The van der Waals surface area contributed by atoms with Gasteiger partial charge in [-0.1, -0.05) is 51.1 Å². The van der Waals surface area contributed by atoms with Crippen molar-refractivity contribution < 1.29 is 9.59 Å². The Morgan fingerprint density at radius 3 is 2.27 bits per heavy atom. The van der Waals surface area contributed by atoms with E-state index in [1.165, 1.54) is 0 Å². The van der Waals surface area contributed by atoms with Crippen LogP contribution in [0, 0.1) is 5.92 Å². The lowest BCUT2D eigenvalue weighted by molar-refractivity contribution is -0.119. The van der Waals surface area contributed by atoms with Crippen LogP contribution in [0.4, 0.5) is 4.79 Å². The second kappa shape index (κ2) is 9.20. The first-order valence-electron chi connectivity index (χ1n) is 7.82. The second-order valence-electron chi connectivity index (χ2n) is 5.84. The summed E-state index contributed by atoms with van der Waals surface area (Å²) in [4.78, 5) is 23.4. The van der Waals surface area contributed by atoms with E-state index in [9.17, 15) is 9.59 Å². The summed E-state index contributed by atoms with van der Waals surface area (Å²) in [7, 11) is 0. The average molecular weight is 305 g/mol. The Morgan fingerprint density at radius 2 is 1.73 bits per heavy atom. The van der Waals surface area contributed by atoms with Crippen LogP contribution < -0.4 is 16.0 Å². The van der Waals surface area contributed by atoms with Crippen LogP contribution in [-0.2, 0) is 4.79 Å². The van der Waals surface area contributed by atoms with Gasteiger partial charge in [-0.25, -0.2) is 4.79 Å². The maximum atomic E-state index is 11.8. The SMILES string of the molecule is CC[C@H](C)NC(=O)NC(=O)CN[C@H](c1ccccc1)C(C)C. The number of rotatable bonds is 7. The van der Waals surface area contributed by atoms with Gasteiger partial charge in [0.2, 0.25) is 5.91 Å². The van der Waals surface area contributed by atoms with Gasteiger partial charge in [-0.05, 0) is 24.8 Å². The maximum absolute atomic E-state index is 11.8. The summed E-state index contributed by atoms with van der Waals surface area (Å²) in [6, 6.07) is 9.67. The van der Waals surface area contributed by atoms with Crippen molar-refractivity contribution in [3.8, 4) is 0 Å². The summed E-state index contributed by atoms with van der Waals surface area (Å²) in [5.41, 5.74) is 1.13. The Labute approximate surface area is 132 Å². The predicted octanol–water partition coefficient (Wildman–Crippen LogP) is 2.60. The Bertz CT molecular complexity index is 474. The Balaban J connectivity index is 2.49. The summed E-state index contributed by atoms with van der Waals surface area (Å²) in [5.74, 6) is 0.00604. The van der Waals surface area contributed by atoms with E-state index >= 15 is 0 Å². The first-order chi connectivity index (χ1) is 10.4. The summed E-state index contributed by atoms with van der Waals surface area (Å²) >= 11 is 0. The highest BCUT2D eigenvalue weighted by Crippen LogP contribution is 2.20. The fourth-order valence-electron chi connectivity index (χ4n) is 2.13. The molecular weight excluding hydrogens is 278 g/mol. The van der Waals surface area contributed by atoms with Gasteiger partial charge >= 0.3 is 6.03 Å². The van der Waals surface area contributed by atoms with Crippen molar-refractivity contribution in [2.75, 3.05) is 6.54 Å². The van der Waals surface area contributed by atoms with Crippen molar-refractivity contribution in [3.05, 3.63) is 35.9 Å².